The summed E-state index contributed by atoms with van der Waals surface area (Å²) in [6.07, 6.45) is 1.09. The number of carbonyl (C=O) groups excluding carboxylic acids is 2. The zero-order valence-corrected chi connectivity index (χ0v) is 26.9. The lowest BCUT2D eigenvalue weighted by Crippen LogP contribution is -2.53. The molecule has 0 aromatic heterocycles. The number of hydrogen-bond donors (Lipinski definition) is 1. The number of methoxy groups -OCH3 is 2. The van der Waals surface area contributed by atoms with Crippen molar-refractivity contribution in [2.24, 2.45) is 0 Å². The van der Waals surface area contributed by atoms with Crippen LogP contribution in [0.15, 0.2) is 71.6 Å². The lowest BCUT2D eigenvalue weighted by Gasteiger charge is -2.33. The lowest BCUT2D eigenvalue weighted by atomic mass is 10.1. The smallest absolute Gasteiger partial charge is 0.264 e. The third-order valence-electron chi connectivity index (χ3n) is 7.40. The number of carbonyl (C=O) groups is 2. The standard InChI is InChI=1S/C33H43N3O6S/c1-8-25(5)34-33(38)29(9-2)35(21-26-14-10-23(3)11-15-26)32(37)22-36(27-16-12-24(4)13-17-27)43(39,40)28-18-19-30(41-6)31(20-28)42-7/h10-20,25,29H,8-9,21-22H2,1-7H3,(H,34,38)/t25-,29-/m1/s1. The fourth-order valence-electron chi connectivity index (χ4n) is 4.59. The van der Waals surface area contributed by atoms with E-state index in [2.05, 4.69) is 5.32 Å². The number of nitrogens with one attached hydrogen (secondary N) is 1. The quantitative estimate of drug-likeness (QED) is 0.268. The van der Waals surface area contributed by atoms with Gasteiger partial charge in [0.15, 0.2) is 11.5 Å². The Bertz CT molecular complexity index is 1490. The van der Waals surface area contributed by atoms with Crippen LogP contribution in [0.5, 0.6) is 11.5 Å². The molecule has 0 aliphatic heterocycles. The summed E-state index contributed by atoms with van der Waals surface area (Å²) in [6.45, 7) is 9.22. The molecule has 0 heterocycles. The number of sulfonamides is 1. The molecule has 3 aromatic rings. The molecule has 0 spiro atoms. The minimum absolute atomic E-state index is 0.0647. The molecular formula is C33H43N3O6S. The minimum Gasteiger partial charge on any atom is -0.493 e. The molecule has 0 aliphatic carbocycles. The summed E-state index contributed by atoms with van der Waals surface area (Å²) in [7, 11) is -1.37. The van der Waals surface area contributed by atoms with Gasteiger partial charge < -0.3 is 19.7 Å². The molecule has 1 N–H and O–H groups in total. The van der Waals surface area contributed by atoms with E-state index >= 15 is 0 Å². The van der Waals surface area contributed by atoms with Crippen LogP contribution in [0, 0.1) is 13.8 Å². The second kappa shape index (κ2) is 14.9. The highest BCUT2D eigenvalue weighted by Crippen LogP contribution is 2.32. The minimum atomic E-state index is -4.26. The number of benzene rings is 3. The third-order valence-corrected chi connectivity index (χ3v) is 9.17. The Balaban J connectivity index is 2.09. The van der Waals surface area contributed by atoms with E-state index < -0.39 is 28.5 Å². The van der Waals surface area contributed by atoms with E-state index in [4.69, 9.17) is 9.47 Å². The predicted octanol–water partition coefficient (Wildman–Crippen LogP) is 5.24. The van der Waals surface area contributed by atoms with Gasteiger partial charge in [-0.25, -0.2) is 8.42 Å². The average Bonchev–Trinajstić information content (AvgIpc) is 3.00. The van der Waals surface area contributed by atoms with Gasteiger partial charge in [0, 0.05) is 18.7 Å². The van der Waals surface area contributed by atoms with Gasteiger partial charge >= 0.3 is 0 Å². The Kier molecular flexibility index (Phi) is 11.6. The number of ether oxygens (including phenoxy) is 2. The Morgan fingerprint density at radius 2 is 1.42 bits per heavy atom. The van der Waals surface area contributed by atoms with Gasteiger partial charge in [0.1, 0.15) is 12.6 Å². The van der Waals surface area contributed by atoms with Crippen LogP contribution >= 0.6 is 0 Å². The van der Waals surface area contributed by atoms with Crippen molar-refractivity contribution >= 4 is 27.5 Å². The first-order valence-electron chi connectivity index (χ1n) is 14.4. The molecule has 0 unspecified atom stereocenters. The van der Waals surface area contributed by atoms with Gasteiger partial charge in [0.05, 0.1) is 24.8 Å². The van der Waals surface area contributed by atoms with E-state index in [-0.39, 0.29) is 29.1 Å². The molecule has 3 rings (SSSR count). The Hall–Kier alpha value is -4.05. The van der Waals surface area contributed by atoms with Crippen molar-refractivity contribution in [3.63, 3.8) is 0 Å². The number of amides is 2. The molecule has 2 atom stereocenters. The number of anilines is 1. The monoisotopic (exact) mass is 609 g/mol. The van der Waals surface area contributed by atoms with Crippen molar-refractivity contribution in [1.82, 2.24) is 10.2 Å². The summed E-state index contributed by atoms with van der Waals surface area (Å²) < 4.78 is 40.1. The summed E-state index contributed by atoms with van der Waals surface area (Å²) in [5.41, 5.74) is 3.15. The van der Waals surface area contributed by atoms with Gasteiger partial charge in [-0.2, -0.15) is 0 Å². The van der Waals surface area contributed by atoms with E-state index in [1.165, 1.54) is 37.3 Å². The summed E-state index contributed by atoms with van der Waals surface area (Å²) in [4.78, 5) is 29.1. The Labute approximate surface area is 255 Å². The van der Waals surface area contributed by atoms with Crippen molar-refractivity contribution in [3.8, 4) is 11.5 Å². The molecule has 0 fully saturated rings. The molecule has 10 heteroatoms. The summed E-state index contributed by atoms with van der Waals surface area (Å²) in [5.74, 6) is -0.160. The van der Waals surface area contributed by atoms with Gasteiger partial charge in [-0.05, 0) is 63.4 Å². The van der Waals surface area contributed by atoms with Crippen LogP contribution in [0.1, 0.15) is 50.3 Å². The molecule has 2 amide bonds. The molecular weight excluding hydrogens is 566 g/mol. The first-order chi connectivity index (χ1) is 20.4. The van der Waals surface area contributed by atoms with Gasteiger partial charge in [-0.3, -0.25) is 13.9 Å². The second-order valence-corrected chi connectivity index (χ2v) is 12.5. The van der Waals surface area contributed by atoms with Crippen LogP contribution in [0.25, 0.3) is 0 Å². The molecule has 3 aromatic carbocycles. The summed E-state index contributed by atoms with van der Waals surface area (Å²) in [5, 5.41) is 2.99. The summed E-state index contributed by atoms with van der Waals surface area (Å²) in [6, 6.07) is 18.0. The normalized spacial score (nSPS) is 12.6. The lowest BCUT2D eigenvalue weighted by molar-refractivity contribution is -0.140. The highest BCUT2D eigenvalue weighted by molar-refractivity contribution is 7.92. The third kappa shape index (κ3) is 8.28. The first-order valence-corrected chi connectivity index (χ1v) is 15.9. The maximum absolute atomic E-state index is 14.2. The van der Waals surface area contributed by atoms with Crippen LogP contribution in [-0.4, -0.2) is 58.0 Å². The van der Waals surface area contributed by atoms with Crippen molar-refractivity contribution in [2.45, 2.75) is 71.0 Å². The van der Waals surface area contributed by atoms with E-state index in [0.29, 0.717) is 17.9 Å². The molecule has 0 saturated carbocycles. The highest BCUT2D eigenvalue weighted by Gasteiger charge is 2.34. The number of rotatable bonds is 14. The Morgan fingerprint density at radius 1 is 0.837 bits per heavy atom. The zero-order chi connectivity index (χ0) is 31.7. The maximum Gasteiger partial charge on any atom is 0.264 e. The van der Waals surface area contributed by atoms with Crippen LogP contribution in [0.4, 0.5) is 5.69 Å². The largest absolute Gasteiger partial charge is 0.493 e. The molecule has 43 heavy (non-hydrogen) atoms. The van der Waals surface area contributed by atoms with Crippen LogP contribution in [0.3, 0.4) is 0 Å². The van der Waals surface area contributed by atoms with E-state index in [9.17, 15) is 18.0 Å². The number of nitrogens with zero attached hydrogens (tertiary/aromatic N) is 2. The van der Waals surface area contributed by atoms with Crippen LogP contribution in [-0.2, 0) is 26.2 Å². The van der Waals surface area contributed by atoms with Gasteiger partial charge in [0.25, 0.3) is 10.0 Å². The van der Waals surface area contributed by atoms with E-state index in [1.807, 2.05) is 58.9 Å². The van der Waals surface area contributed by atoms with Crippen molar-refractivity contribution in [3.05, 3.63) is 83.4 Å². The zero-order valence-electron chi connectivity index (χ0n) is 26.1. The maximum atomic E-state index is 14.2. The molecule has 0 aliphatic rings. The molecule has 0 saturated heterocycles. The van der Waals surface area contributed by atoms with Crippen molar-refractivity contribution in [1.29, 1.82) is 0 Å². The highest BCUT2D eigenvalue weighted by atomic mass is 32.2. The van der Waals surface area contributed by atoms with Gasteiger partial charge in [0.2, 0.25) is 11.8 Å². The number of hydrogen-bond acceptors (Lipinski definition) is 6. The fourth-order valence-corrected chi connectivity index (χ4v) is 6.02. The van der Waals surface area contributed by atoms with Crippen molar-refractivity contribution < 1.29 is 27.5 Å². The fraction of sp³-hybridized carbons (Fsp3) is 0.394. The Morgan fingerprint density at radius 3 is 1.95 bits per heavy atom. The average molecular weight is 610 g/mol. The predicted molar refractivity (Wildman–Crippen MR) is 169 cm³/mol. The van der Waals surface area contributed by atoms with Gasteiger partial charge in [-0.1, -0.05) is 61.4 Å². The first kappa shape index (κ1) is 33.5. The van der Waals surface area contributed by atoms with Crippen molar-refractivity contribution in [2.75, 3.05) is 25.1 Å². The molecule has 232 valence electrons. The van der Waals surface area contributed by atoms with Gasteiger partial charge in [-0.15, -0.1) is 0 Å². The van der Waals surface area contributed by atoms with E-state index in [0.717, 1.165) is 27.4 Å². The van der Waals surface area contributed by atoms with Crippen LogP contribution < -0.4 is 19.1 Å². The molecule has 9 nitrogen and oxygen atoms in total. The SMILES string of the molecule is CC[C@@H](C)NC(=O)[C@@H](CC)N(Cc1ccc(C)cc1)C(=O)CN(c1ccc(C)cc1)S(=O)(=O)c1ccc(OC)c(OC)c1. The van der Waals surface area contributed by atoms with Crippen LogP contribution in [0.2, 0.25) is 0 Å². The number of aryl methyl sites for hydroxylation is 2. The molecule has 0 radical (unpaired) electrons. The topological polar surface area (TPSA) is 105 Å². The summed E-state index contributed by atoms with van der Waals surface area (Å²) >= 11 is 0. The second-order valence-electron chi connectivity index (χ2n) is 10.6. The molecule has 0 bridgehead atoms. The van der Waals surface area contributed by atoms with E-state index in [1.54, 1.807) is 24.3 Å².